The van der Waals surface area contributed by atoms with Crippen LogP contribution in [0.4, 0.5) is 16.4 Å². The van der Waals surface area contributed by atoms with Gasteiger partial charge in [0.1, 0.15) is 0 Å². The van der Waals surface area contributed by atoms with Crippen molar-refractivity contribution in [2.45, 2.75) is 13.0 Å². The predicted molar refractivity (Wildman–Crippen MR) is 78.6 cm³/mol. The summed E-state index contributed by atoms with van der Waals surface area (Å²) in [6.07, 6.45) is 3.13. The Bertz CT molecular complexity index is 573. The van der Waals surface area contributed by atoms with Gasteiger partial charge in [-0.2, -0.15) is 0 Å². The van der Waals surface area contributed by atoms with Crippen molar-refractivity contribution in [1.82, 2.24) is 15.3 Å². The summed E-state index contributed by atoms with van der Waals surface area (Å²) in [5.41, 5.74) is 1.82. The molecular formula is C14H17N5O. The molecule has 0 aliphatic heterocycles. The van der Waals surface area contributed by atoms with E-state index < -0.39 is 0 Å². The lowest BCUT2D eigenvalue weighted by Crippen LogP contribution is -2.21. The molecule has 0 spiro atoms. The Morgan fingerprint density at radius 2 is 1.90 bits per heavy atom. The number of aromatic nitrogens is 2. The number of hydrogen-bond donors (Lipinski definition) is 3. The standard InChI is InChI=1S/C14H17N5O/c1-10(15-2)11-5-3-6-12(9-11)18-14(20)19-13-16-7-4-8-17-13/h3-10,15H,1-2H3,(H2,16,17,18,19,20). The number of nitrogens with zero attached hydrogens (tertiary/aromatic N) is 2. The van der Waals surface area contributed by atoms with Crippen molar-refractivity contribution in [2.75, 3.05) is 17.7 Å². The first-order chi connectivity index (χ1) is 9.69. The van der Waals surface area contributed by atoms with Crippen LogP contribution in [-0.4, -0.2) is 23.0 Å². The van der Waals surface area contributed by atoms with Crippen molar-refractivity contribution in [2.24, 2.45) is 0 Å². The molecule has 0 bridgehead atoms. The van der Waals surface area contributed by atoms with Crippen LogP contribution in [0.3, 0.4) is 0 Å². The maximum atomic E-state index is 11.8. The van der Waals surface area contributed by atoms with Gasteiger partial charge in [0, 0.05) is 24.1 Å². The maximum absolute atomic E-state index is 11.8. The number of nitrogens with one attached hydrogen (secondary N) is 3. The molecule has 0 saturated heterocycles. The molecule has 1 aromatic carbocycles. The normalized spacial score (nSPS) is 11.7. The van der Waals surface area contributed by atoms with Crippen molar-refractivity contribution in [3.8, 4) is 0 Å². The highest BCUT2D eigenvalue weighted by Crippen LogP contribution is 2.17. The number of carbonyl (C=O) groups excluding carboxylic acids is 1. The van der Waals surface area contributed by atoms with E-state index in [1.807, 2.05) is 31.3 Å². The highest BCUT2D eigenvalue weighted by molar-refractivity contribution is 5.98. The van der Waals surface area contributed by atoms with Crippen molar-refractivity contribution in [3.05, 3.63) is 48.3 Å². The molecule has 0 fully saturated rings. The first kappa shape index (κ1) is 14.0. The molecule has 3 N–H and O–H groups in total. The molecule has 2 aromatic rings. The van der Waals surface area contributed by atoms with Gasteiger partial charge in [0.15, 0.2) is 0 Å². The first-order valence-corrected chi connectivity index (χ1v) is 6.31. The van der Waals surface area contributed by atoms with Crippen LogP contribution < -0.4 is 16.0 Å². The number of rotatable bonds is 4. The van der Waals surface area contributed by atoms with E-state index in [4.69, 9.17) is 0 Å². The second-order valence-corrected chi connectivity index (χ2v) is 4.29. The van der Waals surface area contributed by atoms with Gasteiger partial charge in [0.05, 0.1) is 0 Å². The fraction of sp³-hybridized carbons (Fsp3) is 0.214. The Balaban J connectivity index is 2.01. The molecule has 20 heavy (non-hydrogen) atoms. The largest absolute Gasteiger partial charge is 0.326 e. The second kappa shape index (κ2) is 6.63. The molecule has 6 nitrogen and oxygen atoms in total. The van der Waals surface area contributed by atoms with Crippen LogP contribution >= 0.6 is 0 Å². The van der Waals surface area contributed by atoms with E-state index in [-0.39, 0.29) is 18.0 Å². The monoisotopic (exact) mass is 271 g/mol. The van der Waals surface area contributed by atoms with Crippen molar-refractivity contribution >= 4 is 17.7 Å². The number of anilines is 2. The molecule has 0 saturated carbocycles. The van der Waals surface area contributed by atoms with Crippen LogP contribution in [0.15, 0.2) is 42.7 Å². The van der Waals surface area contributed by atoms with Crippen molar-refractivity contribution < 1.29 is 4.79 Å². The Labute approximate surface area is 117 Å². The van der Waals surface area contributed by atoms with Gasteiger partial charge in [-0.3, -0.25) is 5.32 Å². The fourth-order valence-electron chi connectivity index (χ4n) is 1.68. The van der Waals surface area contributed by atoms with E-state index in [2.05, 4.69) is 32.8 Å². The molecule has 0 aliphatic carbocycles. The smallest absolute Gasteiger partial charge is 0.313 e. The molecular weight excluding hydrogens is 254 g/mol. The second-order valence-electron chi connectivity index (χ2n) is 4.29. The lowest BCUT2D eigenvalue weighted by Gasteiger charge is -2.12. The number of carbonyl (C=O) groups is 1. The average Bonchev–Trinajstić information content (AvgIpc) is 2.47. The SMILES string of the molecule is CNC(C)c1cccc(NC(=O)Nc2ncccn2)c1. The van der Waals surface area contributed by atoms with Gasteiger partial charge >= 0.3 is 6.03 Å². The Kier molecular flexibility index (Phi) is 4.62. The van der Waals surface area contributed by atoms with Gasteiger partial charge in [0.25, 0.3) is 0 Å². The van der Waals surface area contributed by atoms with E-state index in [0.717, 1.165) is 11.3 Å². The summed E-state index contributed by atoms with van der Waals surface area (Å²) in [5, 5.41) is 8.47. The third-order valence-corrected chi connectivity index (χ3v) is 2.87. The zero-order chi connectivity index (χ0) is 14.4. The van der Waals surface area contributed by atoms with Crippen molar-refractivity contribution in [3.63, 3.8) is 0 Å². The van der Waals surface area contributed by atoms with Crippen LogP contribution in [0, 0.1) is 0 Å². The van der Waals surface area contributed by atoms with Gasteiger partial charge < -0.3 is 10.6 Å². The maximum Gasteiger partial charge on any atom is 0.326 e. The van der Waals surface area contributed by atoms with Crippen LogP contribution in [0.1, 0.15) is 18.5 Å². The lowest BCUT2D eigenvalue weighted by atomic mass is 10.1. The van der Waals surface area contributed by atoms with Crippen molar-refractivity contribution in [1.29, 1.82) is 0 Å². The van der Waals surface area contributed by atoms with E-state index in [1.165, 1.54) is 0 Å². The van der Waals surface area contributed by atoms with Crippen LogP contribution in [0.5, 0.6) is 0 Å². The zero-order valence-electron chi connectivity index (χ0n) is 11.4. The summed E-state index contributed by atoms with van der Waals surface area (Å²) >= 11 is 0. The Morgan fingerprint density at radius 1 is 1.15 bits per heavy atom. The lowest BCUT2D eigenvalue weighted by molar-refractivity contribution is 0.262. The highest BCUT2D eigenvalue weighted by Gasteiger charge is 2.06. The predicted octanol–water partition coefficient (Wildman–Crippen LogP) is 2.40. The Hall–Kier alpha value is -2.47. The highest BCUT2D eigenvalue weighted by atomic mass is 16.2. The Morgan fingerprint density at radius 3 is 2.60 bits per heavy atom. The zero-order valence-corrected chi connectivity index (χ0v) is 11.4. The third-order valence-electron chi connectivity index (χ3n) is 2.87. The van der Waals surface area contributed by atoms with Gasteiger partial charge in [-0.25, -0.2) is 14.8 Å². The first-order valence-electron chi connectivity index (χ1n) is 6.31. The van der Waals surface area contributed by atoms with Crippen LogP contribution in [0.2, 0.25) is 0 Å². The fourth-order valence-corrected chi connectivity index (χ4v) is 1.68. The quantitative estimate of drug-likeness (QED) is 0.797. The molecule has 1 atom stereocenters. The summed E-state index contributed by atoms with van der Waals surface area (Å²) in [6, 6.07) is 9.19. The summed E-state index contributed by atoms with van der Waals surface area (Å²) in [5.74, 6) is 0.268. The van der Waals surface area contributed by atoms with E-state index >= 15 is 0 Å². The minimum atomic E-state index is -0.370. The number of hydrogen-bond acceptors (Lipinski definition) is 4. The van der Waals surface area contributed by atoms with Gasteiger partial charge in [0.2, 0.25) is 5.95 Å². The molecule has 104 valence electrons. The van der Waals surface area contributed by atoms with Gasteiger partial charge in [-0.1, -0.05) is 12.1 Å². The molecule has 0 radical (unpaired) electrons. The molecule has 2 amide bonds. The minimum absolute atomic E-state index is 0.220. The van der Waals surface area contributed by atoms with Crippen LogP contribution in [-0.2, 0) is 0 Å². The summed E-state index contributed by atoms with van der Waals surface area (Å²) in [7, 11) is 1.89. The van der Waals surface area contributed by atoms with Crippen LogP contribution in [0.25, 0.3) is 0 Å². The van der Waals surface area contributed by atoms with E-state index in [1.54, 1.807) is 18.5 Å². The molecule has 2 rings (SSSR count). The number of benzene rings is 1. The third kappa shape index (κ3) is 3.76. The van der Waals surface area contributed by atoms with E-state index in [0.29, 0.717) is 0 Å². The topological polar surface area (TPSA) is 78.9 Å². The van der Waals surface area contributed by atoms with Gasteiger partial charge in [-0.05, 0) is 37.7 Å². The van der Waals surface area contributed by atoms with E-state index in [9.17, 15) is 4.79 Å². The summed E-state index contributed by atoms with van der Waals surface area (Å²) < 4.78 is 0. The molecule has 1 heterocycles. The molecule has 1 unspecified atom stereocenters. The number of amides is 2. The van der Waals surface area contributed by atoms with Gasteiger partial charge in [-0.15, -0.1) is 0 Å². The molecule has 0 aliphatic rings. The summed E-state index contributed by atoms with van der Waals surface area (Å²) in [6.45, 7) is 2.05. The summed E-state index contributed by atoms with van der Waals surface area (Å²) in [4.78, 5) is 19.7. The average molecular weight is 271 g/mol. The minimum Gasteiger partial charge on any atom is -0.313 e. The number of urea groups is 1. The molecule has 6 heteroatoms. The molecule has 1 aromatic heterocycles.